The van der Waals surface area contributed by atoms with Crippen molar-refractivity contribution < 1.29 is 9.53 Å². The van der Waals surface area contributed by atoms with Gasteiger partial charge in [0, 0.05) is 6.07 Å². The molecule has 5 heteroatoms. The summed E-state index contributed by atoms with van der Waals surface area (Å²) in [5, 5.41) is 3.92. The van der Waals surface area contributed by atoms with E-state index in [1.807, 2.05) is 19.1 Å². The maximum Gasteiger partial charge on any atom is 0.298 e. The maximum atomic E-state index is 11.7. The molecule has 0 fully saturated rings. The van der Waals surface area contributed by atoms with Crippen LogP contribution in [0.1, 0.15) is 5.56 Å². The second kappa shape index (κ2) is 4.61. The molecule has 0 radical (unpaired) electrons. The van der Waals surface area contributed by atoms with Gasteiger partial charge >= 0.3 is 0 Å². The van der Waals surface area contributed by atoms with E-state index >= 15 is 0 Å². The molecule has 17 heavy (non-hydrogen) atoms. The molecule has 0 aliphatic carbocycles. The first-order valence-corrected chi connectivity index (χ1v) is 4.97. The monoisotopic (exact) mass is 230 g/mol. The Morgan fingerprint density at radius 1 is 1.29 bits per heavy atom. The summed E-state index contributed by atoms with van der Waals surface area (Å²) in [6, 6.07) is 8.58. The fourth-order valence-corrected chi connectivity index (χ4v) is 1.39. The predicted octanol–water partition coefficient (Wildman–Crippen LogP) is 1.08. The topological polar surface area (TPSA) is 61.2 Å². The number of aryl methyl sites for hydroxylation is 1. The predicted molar refractivity (Wildman–Crippen MR) is 61.3 cm³/mol. The van der Waals surface area contributed by atoms with E-state index in [4.69, 9.17) is 0 Å². The van der Waals surface area contributed by atoms with Crippen LogP contribution in [0, 0.1) is 6.92 Å². The molecule has 2 rings (SSSR count). The highest BCUT2D eigenvalue weighted by Crippen LogP contribution is 2.08. The first-order valence-electron chi connectivity index (χ1n) is 4.97. The third kappa shape index (κ3) is 2.39. The van der Waals surface area contributed by atoms with E-state index in [0.717, 1.165) is 5.56 Å². The fourth-order valence-electron chi connectivity index (χ4n) is 1.39. The Hall–Kier alpha value is -2.43. The van der Waals surface area contributed by atoms with Gasteiger partial charge in [-0.3, -0.25) is 9.59 Å². The van der Waals surface area contributed by atoms with Gasteiger partial charge in [-0.15, -0.1) is 0 Å². The summed E-state index contributed by atoms with van der Waals surface area (Å²) < 4.78 is 5.77. The van der Waals surface area contributed by atoms with Crippen molar-refractivity contribution in [1.29, 1.82) is 0 Å². The summed E-state index contributed by atoms with van der Waals surface area (Å²) in [5.41, 5.74) is 1.41. The van der Waals surface area contributed by atoms with Crippen LogP contribution < -0.4 is 10.3 Å². The van der Waals surface area contributed by atoms with Crippen LogP contribution in [0.25, 0.3) is 5.69 Å². The number of benzene rings is 1. The van der Waals surface area contributed by atoms with E-state index < -0.39 is 0 Å². The Kier molecular flexibility index (Phi) is 3.00. The minimum absolute atomic E-state index is 0.133. The van der Waals surface area contributed by atoms with Crippen molar-refractivity contribution in [3.05, 3.63) is 52.4 Å². The number of hydrogen-bond donors (Lipinski definition) is 0. The van der Waals surface area contributed by atoms with Crippen LogP contribution in [0.3, 0.4) is 0 Å². The molecule has 0 amide bonds. The Morgan fingerprint density at radius 3 is 2.59 bits per heavy atom. The first-order chi connectivity index (χ1) is 8.20. The Morgan fingerprint density at radius 2 is 2.00 bits per heavy atom. The van der Waals surface area contributed by atoms with E-state index in [-0.39, 0.29) is 17.8 Å². The van der Waals surface area contributed by atoms with Gasteiger partial charge in [0.25, 0.3) is 12.0 Å². The van der Waals surface area contributed by atoms with E-state index in [9.17, 15) is 9.59 Å². The SMILES string of the molecule is Cc1ccc(-n2ncc(OC=O)cc2=O)cc1. The minimum atomic E-state index is -0.354. The molecular formula is C12H10N2O3. The highest BCUT2D eigenvalue weighted by Gasteiger charge is 2.02. The molecule has 0 aliphatic heterocycles. The minimum Gasteiger partial charge on any atom is -0.427 e. The molecule has 0 saturated heterocycles. The zero-order chi connectivity index (χ0) is 12.3. The lowest BCUT2D eigenvalue weighted by Crippen LogP contribution is -2.20. The summed E-state index contributed by atoms with van der Waals surface area (Å²) >= 11 is 0. The number of hydrogen-bond acceptors (Lipinski definition) is 4. The zero-order valence-electron chi connectivity index (χ0n) is 9.16. The molecule has 1 heterocycles. The van der Waals surface area contributed by atoms with Gasteiger partial charge in [-0.2, -0.15) is 9.78 Å². The molecule has 0 aliphatic rings. The van der Waals surface area contributed by atoms with Crippen LogP contribution >= 0.6 is 0 Å². The summed E-state index contributed by atoms with van der Waals surface area (Å²) in [6.07, 6.45) is 1.32. The standard InChI is InChI=1S/C12H10N2O3/c1-9-2-4-10(5-3-9)14-12(16)6-11(7-13-14)17-8-15/h2-8H,1H3. The van der Waals surface area contributed by atoms with Gasteiger partial charge in [-0.05, 0) is 19.1 Å². The third-order valence-electron chi connectivity index (χ3n) is 2.24. The Bertz CT molecular complexity index is 587. The summed E-state index contributed by atoms with van der Waals surface area (Å²) in [6.45, 7) is 2.22. The van der Waals surface area contributed by atoms with E-state index in [1.165, 1.54) is 16.9 Å². The van der Waals surface area contributed by atoms with Crippen molar-refractivity contribution in [2.24, 2.45) is 0 Å². The van der Waals surface area contributed by atoms with Gasteiger partial charge in [-0.25, -0.2) is 0 Å². The summed E-state index contributed by atoms with van der Waals surface area (Å²) in [7, 11) is 0. The quantitative estimate of drug-likeness (QED) is 0.740. The van der Waals surface area contributed by atoms with Gasteiger partial charge < -0.3 is 4.74 Å². The van der Waals surface area contributed by atoms with E-state index in [0.29, 0.717) is 5.69 Å². The molecule has 0 spiro atoms. The van der Waals surface area contributed by atoms with Crippen LogP contribution in [0.2, 0.25) is 0 Å². The lowest BCUT2D eigenvalue weighted by atomic mass is 10.2. The van der Waals surface area contributed by atoms with Crippen LogP contribution in [0.4, 0.5) is 0 Å². The fraction of sp³-hybridized carbons (Fsp3) is 0.0833. The van der Waals surface area contributed by atoms with Crippen LogP contribution in [0.5, 0.6) is 5.75 Å². The lowest BCUT2D eigenvalue weighted by Gasteiger charge is -2.04. The second-order valence-corrected chi connectivity index (χ2v) is 3.49. The van der Waals surface area contributed by atoms with Gasteiger partial charge in [0.2, 0.25) is 0 Å². The molecule has 0 bridgehead atoms. The molecule has 86 valence electrons. The van der Waals surface area contributed by atoms with Gasteiger partial charge in [0.1, 0.15) is 0 Å². The normalized spacial score (nSPS) is 9.94. The average molecular weight is 230 g/mol. The average Bonchev–Trinajstić information content (AvgIpc) is 2.31. The summed E-state index contributed by atoms with van der Waals surface area (Å²) in [5.74, 6) is 0.133. The van der Waals surface area contributed by atoms with E-state index in [2.05, 4.69) is 9.84 Å². The van der Waals surface area contributed by atoms with Crippen LogP contribution in [-0.2, 0) is 4.79 Å². The van der Waals surface area contributed by atoms with Crippen LogP contribution in [0.15, 0.2) is 41.3 Å². The second-order valence-electron chi connectivity index (χ2n) is 3.49. The molecule has 0 N–H and O–H groups in total. The van der Waals surface area contributed by atoms with Crippen molar-refractivity contribution in [2.45, 2.75) is 6.92 Å². The number of ether oxygens (including phenoxy) is 1. The largest absolute Gasteiger partial charge is 0.427 e. The highest BCUT2D eigenvalue weighted by molar-refractivity contribution is 5.44. The van der Waals surface area contributed by atoms with Gasteiger partial charge in [0.05, 0.1) is 11.9 Å². The number of aromatic nitrogens is 2. The number of carbonyl (C=O) groups excluding carboxylic acids is 1. The van der Waals surface area contributed by atoms with Crippen molar-refractivity contribution >= 4 is 6.47 Å². The van der Waals surface area contributed by atoms with Crippen molar-refractivity contribution in [3.63, 3.8) is 0 Å². The van der Waals surface area contributed by atoms with Crippen molar-refractivity contribution in [1.82, 2.24) is 9.78 Å². The molecule has 1 aromatic heterocycles. The zero-order valence-corrected chi connectivity index (χ0v) is 9.16. The van der Waals surface area contributed by atoms with Gasteiger partial charge in [-0.1, -0.05) is 17.7 Å². The Balaban J connectivity index is 2.43. The van der Waals surface area contributed by atoms with Crippen LogP contribution in [-0.4, -0.2) is 16.3 Å². The highest BCUT2D eigenvalue weighted by atomic mass is 16.5. The van der Waals surface area contributed by atoms with E-state index in [1.54, 1.807) is 12.1 Å². The molecule has 2 aromatic rings. The number of carbonyl (C=O) groups is 1. The number of nitrogens with zero attached hydrogens (tertiary/aromatic N) is 2. The number of rotatable bonds is 3. The van der Waals surface area contributed by atoms with Crippen molar-refractivity contribution in [3.8, 4) is 11.4 Å². The van der Waals surface area contributed by atoms with Gasteiger partial charge in [0.15, 0.2) is 5.75 Å². The molecule has 1 aromatic carbocycles. The molecular weight excluding hydrogens is 220 g/mol. The summed E-state index contributed by atoms with van der Waals surface area (Å²) in [4.78, 5) is 21.8. The third-order valence-corrected chi connectivity index (χ3v) is 2.24. The molecule has 0 unspecified atom stereocenters. The first kappa shape index (κ1) is 11.1. The molecule has 0 saturated carbocycles. The molecule has 5 nitrogen and oxygen atoms in total. The smallest absolute Gasteiger partial charge is 0.298 e. The molecule has 0 atom stereocenters. The lowest BCUT2D eigenvalue weighted by molar-refractivity contribution is -0.120. The maximum absolute atomic E-state index is 11.7. The van der Waals surface area contributed by atoms with Crippen molar-refractivity contribution in [2.75, 3.05) is 0 Å². The Labute approximate surface area is 97.3 Å².